The smallest absolute Gasteiger partial charge is 0.265 e. The first-order valence-corrected chi connectivity index (χ1v) is 7.87. The molecule has 1 aromatic rings. The fraction of sp³-hybridized carbons (Fsp3) is 0.500. The highest BCUT2D eigenvalue weighted by Gasteiger charge is 2.25. The molecular weight excluding hydrogens is 260 g/mol. The third kappa shape index (κ3) is 3.13. The van der Waals surface area contributed by atoms with Gasteiger partial charge in [0.1, 0.15) is 10.6 Å². The van der Waals surface area contributed by atoms with Crippen LogP contribution in [-0.4, -0.2) is 15.0 Å². The van der Waals surface area contributed by atoms with Gasteiger partial charge in [-0.05, 0) is 49.8 Å². The van der Waals surface area contributed by atoms with Crippen molar-refractivity contribution in [1.29, 1.82) is 0 Å². The van der Waals surface area contributed by atoms with Crippen molar-refractivity contribution in [2.24, 2.45) is 5.92 Å². The summed E-state index contributed by atoms with van der Waals surface area (Å²) in [4.78, 5) is 0.0808. The zero-order valence-electron chi connectivity index (χ0n) is 9.86. The predicted octanol–water partition coefficient (Wildman–Crippen LogP) is 3.02. The first-order valence-electron chi connectivity index (χ1n) is 5.56. The van der Waals surface area contributed by atoms with Gasteiger partial charge in [0.25, 0.3) is 9.05 Å². The number of hydrogen-bond donors (Lipinski definition) is 0. The van der Waals surface area contributed by atoms with Gasteiger partial charge in [0, 0.05) is 10.7 Å². The van der Waals surface area contributed by atoms with E-state index in [9.17, 15) is 8.42 Å². The van der Waals surface area contributed by atoms with Gasteiger partial charge in [-0.3, -0.25) is 0 Å². The Hall–Kier alpha value is -0.740. The molecule has 1 aliphatic rings. The van der Waals surface area contributed by atoms with Crippen molar-refractivity contribution in [3.63, 3.8) is 0 Å². The van der Waals surface area contributed by atoms with Crippen molar-refractivity contribution in [3.8, 4) is 5.75 Å². The van der Waals surface area contributed by atoms with Crippen molar-refractivity contribution < 1.29 is 13.2 Å². The second-order valence-corrected chi connectivity index (χ2v) is 7.14. The minimum atomic E-state index is -3.76. The molecule has 2 rings (SSSR count). The first kappa shape index (κ1) is 12.7. The van der Waals surface area contributed by atoms with Crippen LogP contribution in [0.1, 0.15) is 24.0 Å². The number of benzene rings is 1. The van der Waals surface area contributed by atoms with Crippen LogP contribution in [-0.2, 0) is 9.05 Å². The van der Waals surface area contributed by atoms with E-state index >= 15 is 0 Å². The summed E-state index contributed by atoms with van der Waals surface area (Å²) in [6.07, 6.45) is 2.32. The molecule has 1 aliphatic carbocycles. The molecule has 0 N–H and O–H groups in total. The Balaban J connectivity index is 2.39. The lowest BCUT2D eigenvalue weighted by Crippen LogP contribution is -2.05. The summed E-state index contributed by atoms with van der Waals surface area (Å²) in [5, 5.41) is 0. The minimum absolute atomic E-state index is 0.0808. The first-order chi connectivity index (χ1) is 7.88. The lowest BCUT2D eigenvalue weighted by atomic mass is 10.1. The van der Waals surface area contributed by atoms with Gasteiger partial charge < -0.3 is 4.74 Å². The summed E-state index contributed by atoms with van der Waals surface area (Å²) in [6.45, 7) is 4.24. The lowest BCUT2D eigenvalue weighted by molar-refractivity contribution is 0.290. The molecule has 0 saturated heterocycles. The highest BCUT2D eigenvalue weighted by Crippen LogP contribution is 2.35. The van der Waals surface area contributed by atoms with E-state index in [1.54, 1.807) is 6.07 Å². The minimum Gasteiger partial charge on any atom is -0.492 e. The number of ether oxygens (including phenoxy) is 1. The van der Waals surface area contributed by atoms with E-state index < -0.39 is 9.05 Å². The molecule has 0 aliphatic heterocycles. The number of hydrogen-bond acceptors (Lipinski definition) is 3. The maximum absolute atomic E-state index is 11.5. The van der Waals surface area contributed by atoms with Gasteiger partial charge >= 0.3 is 0 Å². The summed E-state index contributed by atoms with van der Waals surface area (Å²) in [7, 11) is 1.67. The van der Waals surface area contributed by atoms with Gasteiger partial charge in [-0.1, -0.05) is 6.07 Å². The van der Waals surface area contributed by atoms with Crippen molar-refractivity contribution >= 4 is 19.7 Å². The molecule has 3 nitrogen and oxygen atoms in total. The Morgan fingerprint density at radius 3 is 2.53 bits per heavy atom. The third-order valence-electron chi connectivity index (χ3n) is 2.81. The molecule has 0 atom stereocenters. The van der Waals surface area contributed by atoms with E-state index in [4.69, 9.17) is 15.4 Å². The maximum atomic E-state index is 11.5. The topological polar surface area (TPSA) is 43.4 Å². The largest absolute Gasteiger partial charge is 0.492 e. The maximum Gasteiger partial charge on any atom is 0.265 e. The zero-order chi connectivity index (χ0) is 12.6. The molecule has 0 amide bonds. The van der Waals surface area contributed by atoms with Gasteiger partial charge in [-0.25, -0.2) is 8.42 Å². The molecule has 1 aromatic carbocycles. The van der Waals surface area contributed by atoms with Gasteiger partial charge in [-0.2, -0.15) is 0 Å². The van der Waals surface area contributed by atoms with Crippen molar-refractivity contribution in [2.75, 3.05) is 6.61 Å². The molecule has 0 bridgehead atoms. The lowest BCUT2D eigenvalue weighted by Gasteiger charge is -2.13. The van der Waals surface area contributed by atoms with Gasteiger partial charge in [0.15, 0.2) is 0 Å². The second-order valence-electron chi connectivity index (χ2n) is 4.60. The SMILES string of the molecule is Cc1cc(C)c(OCC2CC2)c(S(=O)(=O)Cl)c1. The monoisotopic (exact) mass is 274 g/mol. The molecule has 5 heteroatoms. The van der Waals surface area contributed by atoms with Gasteiger partial charge in [0.2, 0.25) is 0 Å². The molecule has 1 saturated carbocycles. The quantitative estimate of drug-likeness (QED) is 0.793. The van der Waals surface area contributed by atoms with Crippen molar-refractivity contribution in [2.45, 2.75) is 31.6 Å². The Labute approximate surface area is 106 Å². The molecule has 1 fully saturated rings. The van der Waals surface area contributed by atoms with E-state index in [2.05, 4.69) is 0 Å². The molecule has 0 spiro atoms. The van der Waals surface area contributed by atoms with Crippen molar-refractivity contribution in [1.82, 2.24) is 0 Å². The zero-order valence-corrected chi connectivity index (χ0v) is 11.4. The van der Waals surface area contributed by atoms with E-state index in [0.717, 1.165) is 24.0 Å². The Bertz CT molecular complexity index is 533. The van der Waals surface area contributed by atoms with Gasteiger partial charge in [-0.15, -0.1) is 0 Å². The summed E-state index contributed by atoms with van der Waals surface area (Å²) < 4.78 is 28.6. The molecule has 94 valence electrons. The number of aryl methyl sites for hydroxylation is 2. The third-order valence-corrected chi connectivity index (χ3v) is 4.14. The second kappa shape index (κ2) is 4.50. The highest BCUT2D eigenvalue weighted by atomic mass is 35.7. The standard InChI is InChI=1S/C12H15ClO3S/c1-8-5-9(2)12(16-7-10-3-4-10)11(6-8)17(13,14)15/h5-6,10H,3-4,7H2,1-2H3. The average Bonchev–Trinajstić information content (AvgIpc) is 2.97. The predicted molar refractivity (Wildman–Crippen MR) is 67.2 cm³/mol. The van der Waals surface area contributed by atoms with Crippen LogP contribution in [0.4, 0.5) is 0 Å². The average molecular weight is 275 g/mol. The molecule has 17 heavy (non-hydrogen) atoms. The van der Waals surface area contributed by atoms with Crippen LogP contribution in [0.3, 0.4) is 0 Å². The number of rotatable bonds is 4. The van der Waals surface area contributed by atoms with E-state index in [-0.39, 0.29) is 4.90 Å². The van der Waals surface area contributed by atoms with Crippen LogP contribution in [0.5, 0.6) is 5.75 Å². The summed E-state index contributed by atoms with van der Waals surface area (Å²) >= 11 is 0. The summed E-state index contributed by atoms with van der Waals surface area (Å²) in [6, 6.07) is 3.45. The molecule has 0 unspecified atom stereocenters. The van der Waals surface area contributed by atoms with Crippen LogP contribution in [0.15, 0.2) is 17.0 Å². The normalized spacial score (nSPS) is 15.9. The summed E-state index contributed by atoms with van der Waals surface area (Å²) in [5.41, 5.74) is 1.67. The van der Waals surface area contributed by atoms with Crippen LogP contribution in [0.25, 0.3) is 0 Å². The van der Waals surface area contributed by atoms with Crippen LogP contribution >= 0.6 is 10.7 Å². The molecule has 0 heterocycles. The summed E-state index contributed by atoms with van der Waals surface area (Å²) in [5.74, 6) is 0.971. The van der Waals surface area contributed by atoms with E-state index in [1.807, 2.05) is 19.9 Å². The Kier molecular flexibility index (Phi) is 3.36. The fourth-order valence-corrected chi connectivity index (χ4v) is 2.88. The molecular formula is C12H15ClO3S. The Morgan fingerprint density at radius 2 is 2.00 bits per heavy atom. The molecule has 0 aromatic heterocycles. The number of halogens is 1. The van der Waals surface area contributed by atoms with Crippen molar-refractivity contribution in [3.05, 3.63) is 23.3 Å². The Morgan fingerprint density at radius 1 is 1.35 bits per heavy atom. The van der Waals surface area contributed by atoms with E-state index in [0.29, 0.717) is 18.3 Å². The van der Waals surface area contributed by atoms with E-state index in [1.165, 1.54) is 0 Å². The van der Waals surface area contributed by atoms with Crippen LogP contribution < -0.4 is 4.74 Å². The molecule has 0 radical (unpaired) electrons. The fourth-order valence-electron chi connectivity index (χ4n) is 1.77. The van der Waals surface area contributed by atoms with Gasteiger partial charge in [0.05, 0.1) is 6.61 Å². The van der Waals surface area contributed by atoms with Crippen LogP contribution in [0, 0.1) is 19.8 Å². The van der Waals surface area contributed by atoms with Crippen LogP contribution in [0.2, 0.25) is 0 Å². The highest BCUT2D eigenvalue weighted by molar-refractivity contribution is 8.13.